The highest BCUT2D eigenvalue weighted by atomic mass is 32.1. The Morgan fingerprint density at radius 3 is 2.70 bits per heavy atom. The molecule has 0 aliphatic carbocycles. The van der Waals surface area contributed by atoms with Crippen molar-refractivity contribution in [1.82, 2.24) is 15.3 Å². The van der Waals surface area contributed by atoms with Crippen molar-refractivity contribution < 1.29 is 14.3 Å². The third kappa shape index (κ3) is 3.92. The van der Waals surface area contributed by atoms with E-state index in [0.717, 1.165) is 58.2 Å². The van der Waals surface area contributed by atoms with Crippen LogP contribution in [0.4, 0.5) is 5.82 Å². The van der Waals surface area contributed by atoms with E-state index in [1.54, 1.807) is 20.5 Å². The molecule has 3 aromatic rings. The Bertz CT molecular complexity index is 1060. The number of aryl methyl sites for hydroxylation is 1. The van der Waals surface area contributed by atoms with Crippen LogP contribution < -0.4 is 19.7 Å². The first kappa shape index (κ1) is 20.4. The molecule has 0 bridgehead atoms. The SMILES string of the molecule is COc1ccc(OC)c(CNC(=O)c2c(C)sc3ncnc(N4CCCCC4)c23)c1. The van der Waals surface area contributed by atoms with Crippen molar-refractivity contribution in [3.63, 3.8) is 0 Å². The molecule has 0 saturated carbocycles. The van der Waals surface area contributed by atoms with Gasteiger partial charge >= 0.3 is 0 Å². The summed E-state index contributed by atoms with van der Waals surface area (Å²) in [5, 5.41) is 3.91. The third-order valence-electron chi connectivity index (χ3n) is 5.45. The van der Waals surface area contributed by atoms with Gasteiger partial charge in [0.2, 0.25) is 0 Å². The van der Waals surface area contributed by atoms with Crippen molar-refractivity contribution >= 4 is 33.3 Å². The molecule has 1 aliphatic heterocycles. The van der Waals surface area contributed by atoms with Crippen molar-refractivity contribution in [1.29, 1.82) is 0 Å². The van der Waals surface area contributed by atoms with Crippen LogP contribution in [0.15, 0.2) is 24.5 Å². The van der Waals surface area contributed by atoms with Gasteiger partial charge in [0.05, 0.1) is 25.2 Å². The van der Waals surface area contributed by atoms with Crippen LogP contribution in [-0.4, -0.2) is 43.2 Å². The van der Waals surface area contributed by atoms with Gasteiger partial charge in [-0.1, -0.05) is 0 Å². The van der Waals surface area contributed by atoms with Crippen LogP contribution in [0.3, 0.4) is 0 Å². The number of hydrogen-bond acceptors (Lipinski definition) is 7. The number of fused-ring (bicyclic) bond motifs is 1. The summed E-state index contributed by atoms with van der Waals surface area (Å²) in [7, 11) is 3.24. The van der Waals surface area contributed by atoms with Crippen LogP contribution in [-0.2, 0) is 6.54 Å². The Labute approximate surface area is 180 Å². The Morgan fingerprint density at radius 2 is 1.97 bits per heavy atom. The number of methoxy groups -OCH3 is 2. The zero-order chi connectivity index (χ0) is 21.1. The van der Waals surface area contributed by atoms with Gasteiger partial charge in [-0.2, -0.15) is 0 Å². The summed E-state index contributed by atoms with van der Waals surface area (Å²) in [5.74, 6) is 2.17. The van der Waals surface area contributed by atoms with Crippen molar-refractivity contribution in [3.8, 4) is 11.5 Å². The number of nitrogens with one attached hydrogen (secondary N) is 1. The number of hydrogen-bond donors (Lipinski definition) is 1. The molecular formula is C22H26N4O3S. The number of anilines is 1. The first-order chi connectivity index (χ1) is 14.6. The number of thiophene rings is 1. The van der Waals surface area contributed by atoms with E-state index in [4.69, 9.17) is 9.47 Å². The van der Waals surface area contributed by atoms with E-state index < -0.39 is 0 Å². The van der Waals surface area contributed by atoms with Crippen LogP contribution in [0.5, 0.6) is 11.5 Å². The van der Waals surface area contributed by atoms with Crippen molar-refractivity contribution in [2.45, 2.75) is 32.7 Å². The Morgan fingerprint density at radius 1 is 1.17 bits per heavy atom. The Balaban J connectivity index is 1.64. The number of aromatic nitrogens is 2. The van der Waals surface area contributed by atoms with Crippen LogP contribution >= 0.6 is 11.3 Å². The maximum absolute atomic E-state index is 13.3. The van der Waals surface area contributed by atoms with Gasteiger partial charge in [0.1, 0.15) is 28.5 Å². The van der Waals surface area contributed by atoms with E-state index in [2.05, 4.69) is 20.2 Å². The molecule has 158 valence electrons. The standard InChI is InChI=1S/C22H26N4O3S/c1-14-18(21(27)23-12-15-11-16(28-2)7-8-17(15)29-3)19-20(24-13-25-22(19)30-14)26-9-5-4-6-10-26/h7-8,11,13H,4-6,9-10,12H2,1-3H3,(H,23,27). The van der Waals surface area contributed by atoms with Crippen molar-refractivity contribution in [2.24, 2.45) is 0 Å². The predicted molar refractivity (Wildman–Crippen MR) is 119 cm³/mol. The van der Waals surface area contributed by atoms with Gasteiger partial charge in [-0.05, 0) is 44.4 Å². The molecule has 1 amide bonds. The summed E-state index contributed by atoms with van der Waals surface area (Å²) in [4.78, 5) is 26.3. The first-order valence-electron chi connectivity index (χ1n) is 10.1. The van der Waals surface area contributed by atoms with Crippen LogP contribution in [0.1, 0.15) is 40.1 Å². The number of carbonyl (C=O) groups is 1. The number of benzene rings is 1. The molecule has 4 rings (SSSR count). The number of amides is 1. The zero-order valence-electron chi connectivity index (χ0n) is 17.5. The second-order valence-corrected chi connectivity index (χ2v) is 8.52. The summed E-state index contributed by atoms with van der Waals surface area (Å²) >= 11 is 1.54. The lowest BCUT2D eigenvalue weighted by atomic mass is 10.1. The quantitative estimate of drug-likeness (QED) is 0.643. The number of rotatable bonds is 6. The molecular weight excluding hydrogens is 400 g/mol. The molecule has 2 aromatic heterocycles. The molecule has 1 aromatic carbocycles. The minimum Gasteiger partial charge on any atom is -0.497 e. The summed E-state index contributed by atoms with van der Waals surface area (Å²) < 4.78 is 10.7. The molecule has 1 aliphatic rings. The predicted octanol–water partition coefficient (Wildman–Crippen LogP) is 3.94. The third-order valence-corrected chi connectivity index (χ3v) is 6.47. The average molecular weight is 427 g/mol. The summed E-state index contributed by atoms with van der Waals surface area (Å²) in [6, 6.07) is 5.55. The molecule has 3 heterocycles. The lowest BCUT2D eigenvalue weighted by molar-refractivity contribution is 0.0952. The van der Waals surface area contributed by atoms with Gasteiger partial charge < -0.3 is 19.7 Å². The van der Waals surface area contributed by atoms with E-state index in [1.165, 1.54) is 17.8 Å². The second-order valence-electron chi connectivity index (χ2n) is 7.32. The molecule has 7 nitrogen and oxygen atoms in total. The fourth-order valence-corrected chi connectivity index (χ4v) is 4.91. The summed E-state index contributed by atoms with van der Waals surface area (Å²) in [6.45, 7) is 4.22. The van der Waals surface area contributed by atoms with Gasteiger partial charge in [-0.15, -0.1) is 11.3 Å². The van der Waals surface area contributed by atoms with Crippen LogP contribution in [0.25, 0.3) is 10.2 Å². The number of ether oxygens (including phenoxy) is 2. The molecule has 0 radical (unpaired) electrons. The molecule has 30 heavy (non-hydrogen) atoms. The van der Waals surface area contributed by atoms with E-state index in [1.807, 2.05) is 25.1 Å². The zero-order valence-corrected chi connectivity index (χ0v) is 18.3. The summed E-state index contributed by atoms with van der Waals surface area (Å²) in [6.07, 6.45) is 5.13. The van der Waals surface area contributed by atoms with E-state index in [-0.39, 0.29) is 5.91 Å². The number of carbonyl (C=O) groups excluding carboxylic acids is 1. The molecule has 1 N–H and O–H groups in total. The van der Waals surface area contributed by atoms with Gasteiger partial charge in [-0.25, -0.2) is 9.97 Å². The largest absolute Gasteiger partial charge is 0.497 e. The topological polar surface area (TPSA) is 76.6 Å². The monoisotopic (exact) mass is 426 g/mol. The lowest BCUT2D eigenvalue weighted by Gasteiger charge is -2.28. The second kappa shape index (κ2) is 8.87. The molecule has 0 atom stereocenters. The van der Waals surface area contributed by atoms with Gasteiger partial charge in [0, 0.05) is 30.1 Å². The van der Waals surface area contributed by atoms with Crippen molar-refractivity contribution in [3.05, 3.63) is 40.5 Å². The van der Waals surface area contributed by atoms with Crippen LogP contribution in [0, 0.1) is 6.92 Å². The highest BCUT2D eigenvalue weighted by molar-refractivity contribution is 7.19. The molecule has 0 unspecified atom stereocenters. The number of nitrogens with zero attached hydrogens (tertiary/aromatic N) is 3. The van der Waals surface area contributed by atoms with Crippen molar-refractivity contribution in [2.75, 3.05) is 32.2 Å². The maximum Gasteiger partial charge on any atom is 0.253 e. The average Bonchev–Trinajstić information content (AvgIpc) is 3.13. The highest BCUT2D eigenvalue weighted by Gasteiger charge is 2.24. The first-order valence-corrected chi connectivity index (χ1v) is 10.9. The number of piperidine rings is 1. The van der Waals surface area contributed by atoms with E-state index in [0.29, 0.717) is 17.9 Å². The van der Waals surface area contributed by atoms with E-state index >= 15 is 0 Å². The minimum absolute atomic E-state index is 0.128. The Hall–Kier alpha value is -2.87. The normalized spacial score (nSPS) is 14.0. The van der Waals surface area contributed by atoms with Gasteiger partial charge in [0.25, 0.3) is 5.91 Å². The lowest BCUT2D eigenvalue weighted by Crippen LogP contribution is -2.31. The fourth-order valence-electron chi connectivity index (χ4n) is 3.93. The van der Waals surface area contributed by atoms with Gasteiger partial charge in [-0.3, -0.25) is 4.79 Å². The minimum atomic E-state index is -0.128. The molecule has 8 heteroatoms. The molecule has 1 fully saturated rings. The molecule has 0 spiro atoms. The van der Waals surface area contributed by atoms with Crippen LogP contribution in [0.2, 0.25) is 0 Å². The molecule has 1 saturated heterocycles. The smallest absolute Gasteiger partial charge is 0.253 e. The fraction of sp³-hybridized carbons (Fsp3) is 0.409. The van der Waals surface area contributed by atoms with Gasteiger partial charge in [0.15, 0.2) is 0 Å². The summed E-state index contributed by atoms with van der Waals surface area (Å²) in [5.41, 5.74) is 1.52. The Kier molecular flexibility index (Phi) is 6.03. The maximum atomic E-state index is 13.3. The van der Waals surface area contributed by atoms with E-state index in [9.17, 15) is 4.79 Å². The highest BCUT2D eigenvalue weighted by Crippen LogP contribution is 2.36.